The van der Waals surface area contributed by atoms with Crippen molar-refractivity contribution >= 4 is 58.2 Å². The molecule has 108 valence electrons. The minimum absolute atomic E-state index is 0.353. The minimum Gasteiger partial charge on any atom is -0.478 e. The van der Waals surface area contributed by atoms with Gasteiger partial charge in [-0.1, -0.05) is 23.2 Å². The largest absolute Gasteiger partial charge is 0.478 e. The van der Waals surface area contributed by atoms with Crippen LogP contribution in [0.5, 0.6) is 0 Å². The standard InChI is InChI=1S/C14H9Cl2NO3S/c15-9-5-10(16)7-11(6-9)17-14(20)13-8(3-4-21-13)1-2-12(18)19/h1-7H,(H,17,20)(H,18,19). The lowest BCUT2D eigenvalue weighted by Crippen LogP contribution is -2.11. The van der Waals surface area contributed by atoms with Crippen LogP contribution in [0.3, 0.4) is 0 Å². The first-order valence-corrected chi connectivity index (χ1v) is 7.35. The third-order valence-corrected chi connectivity index (χ3v) is 3.79. The second-order valence-electron chi connectivity index (χ2n) is 3.99. The first-order valence-electron chi connectivity index (χ1n) is 5.71. The van der Waals surface area contributed by atoms with E-state index >= 15 is 0 Å². The van der Waals surface area contributed by atoms with Crippen molar-refractivity contribution in [3.63, 3.8) is 0 Å². The minimum atomic E-state index is -1.07. The summed E-state index contributed by atoms with van der Waals surface area (Å²) in [5.41, 5.74) is 1.01. The fourth-order valence-corrected chi connectivity index (χ4v) is 2.92. The van der Waals surface area contributed by atoms with Gasteiger partial charge in [-0.15, -0.1) is 11.3 Å². The van der Waals surface area contributed by atoms with Crippen molar-refractivity contribution in [1.29, 1.82) is 0 Å². The predicted molar refractivity (Wildman–Crippen MR) is 85.4 cm³/mol. The van der Waals surface area contributed by atoms with E-state index in [0.29, 0.717) is 26.2 Å². The maximum absolute atomic E-state index is 12.2. The highest BCUT2D eigenvalue weighted by Crippen LogP contribution is 2.24. The lowest BCUT2D eigenvalue weighted by atomic mass is 10.2. The Kier molecular flexibility index (Phi) is 5.01. The number of carbonyl (C=O) groups excluding carboxylic acids is 1. The molecule has 0 saturated carbocycles. The van der Waals surface area contributed by atoms with Gasteiger partial charge in [0.1, 0.15) is 0 Å². The molecule has 1 aromatic carbocycles. The van der Waals surface area contributed by atoms with E-state index in [1.165, 1.54) is 17.4 Å². The average Bonchev–Trinajstić information content (AvgIpc) is 2.83. The normalized spacial score (nSPS) is 10.8. The molecule has 0 unspecified atom stereocenters. The molecule has 0 aliphatic rings. The molecule has 0 atom stereocenters. The SMILES string of the molecule is O=C(O)C=Cc1ccsc1C(=O)Nc1cc(Cl)cc(Cl)c1. The maximum atomic E-state index is 12.2. The van der Waals surface area contributed by atoms with E-state index in [0.717, 1.165) is 6.08 Å². The van der Waals surface area contributed by atoms with E-state index in [-0.39, 0.29) is 5.91 Å². The molecule has 1 heterocycles. The molecule has 0 spiro atoms. The molecule has 1 amide bonds. The molecule has 7 heteroatoms. The molecular formula is C14H9Cl2NO3S. The molecule has 0 fully saturated rings. The van der Waals surface area contributed by atoms with Gasteiger partial charge in [0.05, 0.1) is 4.88 Å². The third-order valence-electron chi connectivity index (χ3n) is 2.43. The molecule has 4 nitrogen and oxygen atoms in total. The van der Waals surface area contributed by atoms with Gasteiger partial charge in [0.15, 0.2) is 0 Å². The van der Waals surface area contributed by atoms with Gasteiger partial charge in [-0.3, -0.25) is 4.79 Å². The summed E-state index contributed by atoms with van der Waals surface area (Å²) >= 11 is 12.9. The van der Waals surface area contributed by atoms with Gasteiger partial charge in [-0.05, 0) is 41.3 Å². The van der Waals surface area contributed by atoms with Crippen LogP contribution >= 0.6 is 34.5 Å². The summed E-state index contributed by atoms with van der Waals surface area (Å²) in [7, 11) is 0. The number of carbonyl (C=O) groups is 2. The van der Waals surface area contributed by atoms with Crippen molar-refractivity contribution in [1.82, 2.24) is 0 Å². The number of hydrogen-bond acceptors (Lipinski definition) is 3. The zero-order chi connectivity index (χ0) is 15.4. The highest BCUT2D eigenvalue weighted by atomic mass is 35.5. The molecule has 0 radical (unpaired) electrons. The van der Waals surface area contributed by atoms with Gasteiger partial charge >= 0.3 is 5.97 Å². The number of nitrogens with one attached hydrogen (secondary N) is 1. The van der Waals surface area contributed by atoms with E-state index < -0.39 is 5.97 Å². The van der Waals surface area contributed by atoms with Crippen LogP contribution < -0.4 is 5.32 Å². The molecule has 2 rings (SSSR count). The molecular weight excluding hydrogens is 333 g/mol. The van der Waals surface area contributed by atoms with Gasteiger partial charge in [0, 0.05) is 21.8 Å². The van der Waals surface area contributed by atoms with Crippen LogP contribution in [-0.2, 0) is 4.79 Å². The van der Waals surface area contributed by atoms with Crippen LogP contribution in [0, 0.1) is 0 Å². The van der Waals surface area contributed by atoms with Crippen molar-refractivity contribution < 1.29 is 14.7 Å². The molecule has 0 aliphatic heterocycles. The van der Waals surface area contributed by atoms with E-state index in [4.69, 9.17) is 28.3 Å². The predicted octanol–water partition coefficient (Wildman–Crippen LogP) is 4.41. The summed E-state index contributed by atoms with van der Waals surface area (Å²) in [6.45, 7) is 0. The summed E-state index contributed by atoms with van der Waals surface area (Å²) in [4.78, 5) is 23.1. The van der Waals surface area contributed by atoms with Crippen LogP contribution in [-0.4, -0.2) is 17.0 Å². The van der Waals surface area contributed by atoms with E-state index in [2.05, 4.69) is 5.32 Å². The van der Waals surface area contributed by atoms with Gasteiger partial charge in [0.25, 0.3) is 5.91 Å². The number of halogens is 2. The van der Waals surface area contributed by atoms with Crippen LogP contribution in [0.4, 0.5) is 5.69 Å². The lowest BCUT2D eigenvalue weighted by molar-refractivity contribution is -0.131. The van der Waals surface area contributed by atoms with Crippen molar-refractivity contribution in [2.45, 2.75) is 0 Å². The van der Waals surface area contributed by atoms with Crippen LogP contribution in [0.15, 0.2) is 35.7 Å². The number of anilines is 1. The van der Waals surface area contributed by atoms with Crippen LogP contribution in [0.2, 0.25) is 10.0 Å². The number of aliphatic carboxylic acids is 1. The van der Waals surface area contributed by atoms with Crippen LogP contribution in [0.1, 0.15) is 15.2 Å². The maximum Gasteiger partial charge on any atom is 0.328 e. The number of carboxylic acids is 1. The number of amides is 1. The monoisotopic (exact) mass is 341 g/mol. The Balaban J connectivity index is 2.21. The number of rotatable bonds is 4. The zero-order valence-electron chi connectivity index (χ0n) is 10.5. The molecule has 0 bridgehead atoms. The summed E-state index contributed by atoms with van der Waals surface area (Å²) in [6, 6.07) is 6.38. The van der Waals surface area contributed by atoms with Gasteiger partial charge in [0.2, 0.25) is 0 Å². The molecule has 2 aromatic rings. The molecule has 2 N–H and O–H groups in total. The van der Waals surface area contributed by atoms with Gasteiger partial charge < -0.3 is 10.4 Å². The highest BCUT2D eigenvalue weighted by molar-refractivity contribution is 7.12. The lowest BCUT2D eigenvalue weighted by Gasteiger charge is -2.06. The zero-order valence-corrected chi connectivity index (χ0v) is 12.8. The first-order chi connectivity index (χ1) is 9.95. The van der Waals surface area contributed by atoms with Gasteiger partial charge in [-0.2, -0.15) is 0 Å². The Hall–Kier alpha value is -1.82. The van der Waals surface area contributed by atoms with Crippen molar-refractivity contribution in [3.8, 4) is 0 Å². The van der Waals surface area contributed by atoms with Crippen molar-refractivity contribution in [2.75, 3.05) is 5.32 Å². The summed E-state index contributed by atoms with van der Waals surface area (Å²) in [5, 5.41) is 13.8. The average molecular weight is 342 g/mol. The molecule has 1 aromatic heterocycles. The summed E-state index contributed by atoms with van der Waals surface area (Å²) in [6.07, 6.45) is 2.35. The number of benzene rings is 1. The van der Waals surface area contributed by atoms with E-state index in [1.807, 2.05) is 0 Å². The summed E-state index contributed by atoms with van der Waals surface area (Å²) < 4.78 is 0. The quantitative estimate of drug-likeness (QED) is 0.809. The smallest absolute Gasteiger partial charge is 0.328 e. The van der Waals surface area contributed by atoms with E-state index in [9.17, 15) is 9.59 Å². The van der Waals surface area contributed by atoms with Gasteiger partial charge in [-0.25, -0.2) is 4.79 Å². The second-order valence-corrected chi connectivity index (χ2v) is 5.78. The van der Waals surface area contributed by atoms with Crippen molar-refractivity contribution in [2.24, 2.45) is 0 Å². The number of hydrogen-bond donors (Lipinski definition) is 2. The highest BCUT2D eigenvalue weighted by Gasteiger charge is 2.12. The Labute approximate surface area is 134 Å². The number of thiophene rings is 1. The second kappa shape index (κ2) is 6.76. The molecule has 21 heavy (non-hydrogen) atoms. The fraction of sp³-hybridized carbons (Fsp3) is 0. The third kappa shape index (κ3) is 4.32. The number of carboxylic acid groups (broad SMARTS) is 1. The Bertz CT molecular complexity index is 705. The summed E-state index contributed by atoms with van der Waals surface area (Å²) in [5.74, 6) is -1.43. The Morgan fingerprint density at radius 2 is 1.86 bits per heavy atom. The van der Waals surface area contributed by atoms with Crippen LogP contribution in [0.25, 0.3) is 6.08 Å². The molecule has 0 saturated heterocycles. The topological polar surface area (TPSA) is 66.4 Å². The van der Waals surface area contributed by atoms with Crippen molar-refractivity contribution in [3.05, 3.63) is 56.2 Å². The fourth-order valence-electron chi connectivity index (χ4n) is 1.61. The first kappa shape index (κ1) is 15.6. The molecule has 0 aliphatic carbocycles. The van der Waals surface area contributed by atoms with E-state index in [1.54, 1.807) is 29.6 Å². The Morgan fingerprint density at radius 1 is 1.19 bits per heavy atom. The Morgan fingerprint density at radius 3 is 2.48 bits per heavy atom.